The van der Waals surface area contributed by atoms with Gasteiger partial charge in [-0.2, -0.15) is 0 Å². The molecule has 0 bridgehead atoms. The highest BCUT2D eigenvalue weighted by atomic mass is 35.5. The number of nitrogens with zero attached hydrogens (tertiary/aromatic N) is 3. The van der Waals surface area contributed by atoms with E-state index >= 15 is 0 Å². The van der Waals surface area contributed by atoms with E-state index in [9.17, 15) is 4.79 Å². The van der Waals surface area contributed by atoms with Crippen LogP contribution in [0.2, 0.25) is 5.02 Å². The Bertz CT molecular complexity index is 1120. The van der Waals surface area contributed by atoms with Crippen molar-refractivity contribution in [3.63, 3.8) is 0 Å². The minimum atomic E-state index is -0.127. The van der Waals surface area contributed by atoms with Crippen LogP contribution in [0.5, 0.6) is 11.5 Å². The average Bonchev–Trinajstić information content (AvgIpc) is 2.86. The second kappa shape index (κ2) is 13.5. The van der Waals surface area contributed by atoms with Gasteiger partial charge in [-0.25, -0.2) is 0 Å². The lowest BCUT2D eigenvalue weighted by atomic mass is 10.1. The zero-order valence-corrected chi connectivity index (χ0v) is 21.2. The summed E-state index contributed by atoms with van der Waals surface area (Å²) < 4.78 is 11.5. The van der Waals surface area contributed by atoms with Crippen molar-refractivity contribution in [2.75, 3.05) is 34.4 Å². The van der Waals surface area contributed by atoms with Crippen LogP contribution in [0.4, 0.5) is 0 Å². The molecule has 0 saturated heterocycles. The number of benzene rings is 2. The van der Waals surface area contributed by atoms with Crippen molar-refractivity contribution in [2.24, 2.45) is 0 Å². The van der Waals surface area contributed by atoms with E-state index in [-0.39, 0.29) is 5.91 Å². The Morgan fingerprint density at radius 3 is 2.54 bits per heavy atom. The van der Waals surface area contributed by atoms with E-state index in [1.165, 1.54) is 0 Å². The van der Waals surface area contributed by atoms with Gasteiger partial charge in [0.05, 0.1) is 13.7 Å². The second-order valence-electron chi connectivity index (χ2n) is 8.40. The fraction of sp³-hybridized carbons (Fsp3) is 0.286. The van der Waals surface area contributed by atoms with Crippen LogP contribution in [0.3, 0.4) is 0 Å². The van der Waals surface area contributed by atoms with Crippen molar-refractivity contribution < 1.29 is 14.3 Å². The molecule has 1 aromatic heterocycles. The summed E-state index contributed by atoms with van der Waals surface area (Å²) in [6.07, 6.45) is 7.69. The van der Waals surface area contributed by atoms with E-state index in [1.807, 2.05) is 62.6 Å². The van der Waals surface area contributed by atoms with Gasteiger partial charge < -0.3 is 19.3 Å². The summed E-state index contributed by atoms with van der Waals surface area (Å²) in [5.41, 5.74) is 2.68. The summed E-state index contributed by atoms with van der Waals surface area (Å²) in [7, 11) is 5.70. The molecule has 35 heavy (non-hydrogen) atoms. The van der Waals surface area contributed by atoms with Crippen molar-refractivity contribution >= 4 is 23.6 Å². The molecule has 1 amide bonds. The maximum atomic E-state index is 13.2. The molecular weight excluding hydrogens is 462 g/mol. The number of hydrogen-bond donors (Lipinski definition) is 0. The molecule has 0 saturated carbocycles. The molecule has 0 N–H and O–H groups in total. The molecule has 1 heterocycles. The molecule has 0 unspecified atom stereocenters. The number of carbonyl (C=O) groups is 1. The molecule has 6 nitrogen and oxygen atoms in total. The summed E-state index contributed by atoms with van der Waals surface area (Å²) in [5.74, 6) is 1.21. The first-order valence-corrected chi connectivity index (χ1v) is 11.9. The molecule has 0 aliphatic rings. The Morgan fingerprint density at radius 2 is 1.83 bits per heavy atom. The normalized spacial score (nSPS) is 11.1. The Hall–Kier alpha value is -3.35. The average molecular weight is 494 g/mol. The minimum Gasteiger partial charge on any atom is -0.493 e. The smallest absolute Gasteiger partial charge is 0.247 e. The first kappa shape index (κ1) is 26.3. The molecule has 7 heteroatoms. The molecule has 0 radical (unpaired) electrons. The van der Waals surface area contributed by atoms with E-state index in [4.69, 9.17) is 21.1 Å². The van der Waals surface area contributed by atoms with Gasteiger partial charge in [-0.05, 0) is 67.5 Å². The summed E-state index contributed by atoms with van der Waals surface area (Å²) in [5, 5.41) is 0.599. The zero-order valence-electron chi connectivity index (χ0n) is 20.5. The quantitative estimate of drug-likeness (QED) is 0.252. The lowest BCUT2D eigenvalue weighted by Crippen LogP contribution is -2.28. The molecule has 2 aromatic carbocycles. The van der Waals surface area contributed by atoms with Gasteiger partial charge in [0.25, 0.3) is 0 Å². The molecule has 0 spiro atoms. The molecule has 3 rings (SSSR count). The molecule has 3 aromatic rings. The van der Waals surface area contributed by atoms with Crippen LogP contribution < -0.4 is 9.47 Å². The highest BCUT2D eigenvalue weighted by molar-refractivity contribution is 6.32. The highest BCUT2D eigenvalue weighted by Crippen LogP contribution is 2.29. The van der Waals surface area contributed by atoms with Gasteiger partial charge in [0.1, 0.15) is 0 Å². The Kier molecular flexibility index (Phi) is 10.1. The predicted molar refractivity (Wildman–Crippen MR) is 141 cm³/mol. The lowest BCUT2D eigenvalue weighted by molar-refractivity contribution is -0.127. The standard InChI is InChI=1S/C28H32ClN3O3/c1-31(2)16-7-17-35-27-18-22(11-13-26(27)34-3)20-32(21-23-8-6-15-30-19-23)28(33)14-12-24-9-4-5-10-25(24)29/h4-6,8-15,18-19H,7,16-17,20-21H2,1-3H3/b14-12+. The summed E-state index contributed by atoms with van der Waals surface area (Å²) in [6.45, 7) is 2.34. The maximum Gasteiger partial charge on any atom is 0.247 e. The topological polar surface area (TPSA) is 54.9 Å². The van der Waals surface area contributed by atoms with Crippen LogP contribution >= 0.6 is 11.6 Å². The fourth-order valence-electron chi connectivity index (χ4n) is 3.52. The molecule has 184 valence electrons. The predicted octanol–water partition coefficient (Wildman–Crippen LogP) is 5.32. The largest absolute Gasteiger partial charge is 0.493 e. The first-order chi connectivity index (χ1) is 17.0. The molecule has 0 aliphatic heterocycles. The van der Waals surface area contributed by atoms with Crippen molar-refractivity contribution in [2.45, 2.75) is 19.5 Å². The van der Waals surface area contributed by atoms with E-state index in [2.05, 4.69) is 9.88 Å². The van der Waals surface area contributed by atoms with Crippen LogP contribution in [0.25, 0.3) is 6.08 Å². The SMILES string of the molecule is COc1ccc(CN(Cc2cccnc2)C(=O)/C=C/c2ccccc2Cl)cc1OCCCN(C)C. The van der Waals surface area contributed by atoms with E-state index in [0.717, 1.165) is 29.7 Å². The number of methoxy groups -OCH3 is 1. The van der Waals surface area contributed by atoms with Crippen molar-refractivity contribution in [3.05, 3.63) is 94.8 Å². The molecule has 0 aliphatic carbocycles. The number of hydrogen-bond acceptors (Lipinski definition) is 5. The third-order valence-electron chi connectivity index (χ3n) is 5.33. The molecule has 0 fully saturated rings. The Balaban J connectivity index is 1.79. The third kappa shape index (κ3) is 8.42. The maximum absolute atomic E-state index is 13.2. The number of ether oxygens (including phenoxy) is 2. The summed E-state index contributed by atoms with van der Waals surface area (Å²) >= 11 is 6.25. The van der Waals surface area contributed by atoms with Gasteiger partial charge in [-0.15, -0.1) is 0 Å². The number of aromatic nitrogens is 1. The zero-order chi connectivity index (χ0) is 25.0. The molecule has 0 atom stereocenters. The van der Waals surface area contributed by atoms with Crippen LogP contribution in [0, 0.1) is 0 Å². The van der Waals surface area contributed by atoms with Gasteiger partial charge in [-0.3, -0.25) is 9.78 Å². The molecular formula is C28H32ClN3O3. The van der Waals surface area contributed by atoms with E-state index < -0.39 is 0 Å². The van der Waals surface area contributed by atoms with Crippen molar-refractivity contribution in [1.82, 2.24) is 14.8 Å². The number of halogens is 1. The lowest BCUT2D eigenvalue weighted by Gasteiger charge is -2.22. The first-order valence-electron chi connectivity index (χ1n) is 11.5. The van der Waals surface area contributed by atoms with Crippen LogP contribution in [0.15, 0.2) is 73.1 Å². The van der Waals surface area contributed by atoms with Crippen LogP contribution in [-0.2, 0) is 17.9 Å². The van der Waals surface area contributed by atoms with Gasteiger partial charge in [-0.1, -0.05) is 41.9 Å². The monoisotopic (exact) mass is 493 g/mol. The number of carbonyl (C=O) groups excluding carboxylic acids is 1. The number of rotatable bonds is 12. The highest BCUT2D eigenvalue weighted by Gasteiger charge is 2.15. The van der Waals surface area contributed by atoms with E-state index in [0.29, 0.717) is 36.2 Å². The Labute approximate surface area is 212 Å². The number of amides is 1. The Morgan fingerprint density at radius 1 is 1.03 bits per heavy atom. The van der Waals surface area contributed by atoms with Crippen molar-refractivity contribution in [1.29, 1.82) is 0 Å². The van der Waals surface area contributed by atoms with Crippen LogP contribution in [-0.4, -0.2) is 55.0 Å². The van der Waals surface area contributed by atoms with Gasteiger partial charge in [0.2, 0.25) is 5.91 Å². The van der Waals surface area contributed by atoms with Gasteiger partial charge >= 0.3 is 0 Å². The van der Waals surface area contributed by atoms with Gasteiger partial charge in [0.15, 0.2) is 11.5 Å². The number of pyridine rings is 1. The van der Waals surface area contributed by atoms with E-state index in [1.54, 1.807) is 42.6 Å². The summed E-state index contributed by atoms with van der Waals surface area (Å²) in [6, 6.07) is 17.0. The van der Waals surface area contributed by atoms with Gasteiger partial charge in [0, 0.05) is 43.1 Å². The second-order valence-corrected chi connectivity index (χ2v) is 8.81. The van der Waals surface area contributed by atoms with Crippen molar-refractivity contribution in [3.8, 4) is 11.5 Å². The van der Waals surface area contributed by atoms with Crippen LogP contribution in [0.1, 0.15) is 23.1 Å². The third-order valence-corrected chi connectivity index (χ3v) is 5.67. The summed E-state index contributed by atoms with van der Waals surface area (Å²) in [4.78, 5) is 21.3. The fourth-order valence-corrected chi connectivity index (χ4v) is 3.71. The minimum absolute atomic E-state index is 0.127.